The zero-order valence-electron chi connectivity index (χ0n) is 10.4. The third kappa shape index (κ3) is 2.94. The Morgan fingerprint density at radius 1 is 1.28 bits per heavy atom. The van der Waals surface area contributed by atoms with Crippen LogP contribution in [0, 0.1) is 5.92 Å². The van der Waals surface area contributed by atoms with E-state index in [0.29, 0.717) is 17.6 Å². The number of sulfonamides is 1. The SMILES string of the molecule is CC1CCCC1Nc1cc(N)cc(S(N)(=O)=O)c1. The second-order valence-electron chi connectivity index (χ2n) is 4.99. The van der Waals surface area contributed by atoms with Crippen LogP contribution < -0.4 is 16.2 Å². The predicted octanol–water partition coefficient (Wildman–Crippen LogP) is 1.52. The van der Waals surface area contributed by atoms with E-state index in [2.05, 4.69) is 12.2 Å². The lowest BCUT2D eigenvalue weighted by atomic mass is 10.1. The van der Waals surface area contributed by atoms with Crippen molar-refractivity contribution in [2.75, 3.05) is 11.1 Å². The Kier molecular flexibility index (Phi) is 3.49. The van der Waals surface area contributed by atoms with Gasteiger partial charge < -0.3 is 11.1 Å². The summed E-state index contributed by atoms with van der Waals surface area (Å²) in [5.74, 6) is 0.587. The molecule has 18 heavy (non-hydrogen) atoms. The zero-order valence-corrected chi connectivity index (χ0v) is 11.2. The van der Waals surface area contributed by atoms with Crippen molar-refractivity contribution in [3.63, 3.8) is 0 Å². The van der Waals surface area contributed by atoms with Crippen molar-refractivity contribution in [2.24, 2.45) is 11.1 Å². The minimum Gasteiger partial charge on any atom is -0.399 e. The first kappa shape index (κ1) is 13.2. The molecule has 2 unspecified atom stereocenters. The van der Waals surface area contributed by atoms with Gasteiger partial charge in [0, 0.05) is 17.4 Å². The first-order valence-electron chi connectivity index (χ1n) is 6.06. The quantitative estimate of drug-likeness (QED) is 0.724. The Morgan fingerprint density at radius 3 is 2.56 bits per heavy atom. The molecular weight excluding hydrogens is 250 g/mol. The number of hydrogen-bond donors (Lipinski definition) is 3. The zero-order chi connectivity index (χ0) is 13.3. The Morgan fingerprint density at radius 2 is 2.00 bits per heavy atom. The summed E-state index contributed by atoms with van der Waals surface area (Å²) >= 11 is 0. The highest BCUT2D eigenvalue weighted by molar-refractivity contribution is 7.89. The van der Waals surface area contributed by atoms with Crippen LogP contribution in [0.15, 0.2) is 23.1 Å². The molecular formula is C12H19N3O2S. The van der Waals surface area contributed by atoms with Gasteiger partial charge in [-0.15, -0.1) is 0 Å². The second kappa shape index (κ2) is 4.78. The molecule has 1 aromatic rings. The highest BCUT2D eigenvalue weighted by Crippen LogP contribution is 2.29. The van der Waals surface area contributed by atoms with Crippen LogP contribution in [0.3, 0.4) is 0 Å². The monoisotopic (exact) mass is 269 g/mol. The van der Waals surface area contributed by atoms with E-state index in [9.17, 15) is 8.42 Å². The minimum absolute atomic E-state index is 0.0515. The minimum atomic E-state index is -3.71. The lowest BCUT2D eigenvalue weighted by molar-refractivity contribution is 0.556. The number of benzene rings is 1. The van der Waals surface area contributed by atoms with Crippen molar-refractivity contribution in [2.45, 2.75) is 37.1 Å². The molecule has 0 saturated heterocycles. The first-order valence-corrected chi connectivity index (χ1v) is 7.61. The molecule has 0 aromatic heterocycles. The molecule has 0 bridgehead atoms. The molecule has 1 saturated carbocycles. The van der Waals surface area contributed by atoms with E-state index in [0.717, 1.165) is 12.1 Å². The van der Waals surface area contributed by atoms with Gasteiger partial charge in [-0.25, -0.2) is 13.6 Å². The molecule has 1 aromatic carbocycles. The molecule has 1 fully saturated rings. The van der Waals surface area contributed by atoms with E-state index < -0.39 is 10.0 Å². The summed E-state index contributed by atoms with van der Waals surface area (Å²) in [7, 11) is -3.71. The van der Waals surface area contributed by atoms with Crippen LogP contribution in [0.2, 0.25) is 0 Å². The molecule has 100 valence electrons. The summed E-state index contributed by atoms with van der Waals surface area (Å²) in [5.41, 5.74) is 6.82. The maximum atomic E-state index is 11.3. The standard InChI is InChI=1S/C12H19N3O2S/c1-8-3-2-4-12(8)15-10-5-9(13)6-11(7-10)18(14,16)17/h5-8,12,15H,2-4,13H2,1H3,(H2,14,16,17). The summed E-state index contributed by atoms with van der Waals surface area (Å²) < 4.78 is 22.7. The van der Waals surface area contributed by atoms with Crippen LogP contribution in [-0.2, 0) is 10.0 Å². The lowest BCUT2D eigenvalue weighted by Crippen LogP contribution is -2.22. The second-order valence-corrected chi connectivity index (χ2v) is 6.56. The molecule has 2 atom stereocenters. The summed E-state index contributed by atoms with van der Waals surface area (Å²) in [6.45, 7) is 2.19. The third-order valence-corrected chi connectivity index (χ3v) is 4.36. The van der Waals surface area contributed by atoms with Crippen molar-refractivity contribution in [1.29, 1.82) is 0 Å². The Balaban J connectivity index is 2.26. The molecule has 0 radical (unpaired) electrons. The molecule has 5 N–H and O–H groups in total. The number of nitrogens with one attached hydrogen (secondary N) is 1. The number of rotatable bonds is 3. The molecule has 1 aliphatic rings. The topological polar surface area (TPSA) is 98.2 Å². The highest BCUT2D eigenvalue weighted by Gasteiger charge is 2.23. The van der Waals surface area contributed by atoms with E-state index in [1.54, 1.807) is 6.07 Å². The molecule has 0 heterocycles. The smallest absolute Gasteiger partial charge is 0.238 e. The summed E-state index contributed by atoms with van der Waals surface area (Å²) in [6, 6.07) is 5.02. The fraction of sp³-hybridized carbons (Fsp3) is 0.500. The largest absolute Gasteiger partial charge is 0.399 e. The van der Waals surface area contributed by atoms with Crippen molar-refractivity contribution in [3.8, 4) is 0 Å². The fourth-order valence-corrected chi connectivity index (χ4v) is 3.04. The number of primary sulfonamides is 1. The Labute approximate surface area is 108 Å². The summed E-state index contributed by atoms with van der Waals surface area (Å²) in [5, 5.41) is 8.46. The van der Waals surface area contributed by atoms with Crippen molar-refractivity contribution in [1.82, 2.24) is 0 Å². The van der Waals surface area contributed by atoms with Crippen molar-refractivity contribution < 1.29 is 8.42 Å². The third-order valence-electron chi connectivity index (χ3n) is 3.47. The first-order chi connectivity index (χ1) is 8.36. The number of hydrogen-bond acceptors (Lipinski definition) is 4. The lowest BCUT2D eigenvalue weighted by Gasteiger charge is -2.19. The Bertz CT molecular complexity index is 542. The molecule has 0 spiro atoms. The maximum absolute atomic E-state index is 11.3. The van der Waals surface area contributed by atoms with Gasteiger partial charge in [0.25, 0.3) is 0 Å². The molecule has 0 aliphatic heterocycles. The normalized spacial score (nSPS) is 24.1. The Hall–Kier alpha value is -1.27. The molecule has 1 aliphatic carbocycles. The molecule has 6 heteroatoms. The van der Waals surface area contributed by atoms with Gasteiger partial charge in [-0.3, -0.25) is 0 Å². The average Bonchev–Trinajstić information content (AvgIpc) is 2.62. The van der Waals surface area contributed by atoms with Gasteiger partial charge in [0.15, 0.2) is 0 Å². The van der Waals surface area contributed by atoms with Crippen LogP contribution >= 0.6 is 0 Å². The van der Waals surface area contributed by atoms with Gasteiger partial charge in [0.05, 0.1) is 4.90 Å². The van der Waals surface area contributed by atoms with Crippen LogP contribution in [0.1, 0.15) is 26.2 Å². The van der Waals surface area contributed by atoms with Gasteiger partial charge in [0.2, 0.25) is 10.0 Å². The summed E-state index contributed by atoms with van der Waals surface area (Å²) in [4.78, 5) is 0.0515. The van der Waals surface area contributed by atoms with Crippen molar-refractivity contribution in [3.05, 3.63) is 18.2 Å². The van der Waals surface area contributed by atoms with Crippen LogP contribution in [-0.4, -0.2) is 14.5 Å². The number of anilines is 2. The van der Waals surface area contributed by atoms with E-state index in [1.807, 2.05) is 0 Å². The van der Waals surface area contributed by atoms with E-state index >= 15 is 0 Å². The van der Waals surface area contributed by atoms with Gasteiger partial charge in [-0.05, 0) is 37.0 Å². The van der Waals surface area contributed by atoms with Gasteiger partial charge in [0.1, 0.15) is 0 Å². The molecule has 0 amide bonds. The fourth-order valence-electron chi connectivity index (χ4n) is 2.44. The van der Waals surface area contributed by atoms with Crippen molar-refractivity contribution >= 4 is 21.4 Å². The predicted molar refractivity (Wildman–Crippen MR) is 72.7 cm³/mol. The van der Waals surface area contributed by atoms with E-state index in [1.165, 1.54) is 25.0 Å². The van der Waals surface area contributed by atoms with Crippen LogP contribution in [0.5, 0.6) is 0 Å². The maximum Gasteiger partial charge on any atom is 0.238 e. The van der Waals surface area contributed by atoms with E-state index in [4.69, 9.17) is 10.9 Å². The highest BCUT2D eigenvalue weighted by atomic mass is 32.2. The number of nitrogens with two attached hydrogens (primary N) is 2. The van der Waals surface area contributed by atoms with Gasteiger partial charge in [-0.2, -0.15) is 0 Å². The van der Waals surface area contributed by atoms with Gasteiger partial charge in [-0.1, -0.05) is 13.3 Å². The van der Waals surface area contributed by atoms with E-state index in [-0.39, 0.29) is 4.90 Å². The molecule has 2 rings (SSSR count). The summed E-state index contributed by atoms with van der Waals surface area (Å²) in [6.07, 6.45) is 3.49. The molecule has 5 nitrogen and oxygen atoms in total. The number of nitrogen functional groups attached to an aromatic ring is 1. The van der Waals surface area contributed by atoms with Crippen LogP contribution in [0.25, 0.3) is 0 Å². The average molecular weight is 269 g/mol. The van der Waals surface area contributed by atoms with Gasteiger partial charge >= 0.3 is 0 Å². The van der Waals surface area contributed by atoms with Crippen LogP contribution in [0.4, 0.5) is 11.4 Å².